The van der Waals surface area contributed by atoms with Gasteiger partial charge in [0.25, 0.3) is 0 Å². The first kappa shape index (κ1) is 14.3. The lowest BCUT2D eigenvalue weighted by Gasteiger charge is -2.10. The van der Waals surface area contributed by atoms with Crippen molar-refractivity contribution >= 4 is 40.8 Å². The van der Waals surface area contributed by atoms with E-state index in [0.29, 0.717) is 16.3 Å². The van der Waals surface area contributed by atoms with Gasteiger partial charge in [-0.05, 0) is 23.8 Å². The van der Waals surface area contributed by atoms with Crippen LogP contribution in [0.2, 0.25) is 10.0 Å². The van der Waals surface area contributed by atoms with E-state index in [1.807, 2.05) is 36.4 Å². The molecule has 0 amide bonds. The third-order valence-corrected chi connectivity index (χ3v) is 4.38. The third kappa shape index (κ3) is 3.44. The molecule has 0 atom stereocenters. The monoisotopic (exact) mass is 310 g/mol. The maximum atomic E-state index is 7.60. The molecule has 2 rings (SSSR count). The molecule has 98 valence electrons. The molecule has 2 aromatic carbocycles. The van der Waals surface area contributed by atoms with Crippen LogP contribution < -0.4 is 5.73 Å². The van der Waals surface area contributed by atoms with Gasteiger partial charge < -0.3 is 5.73 Å². The van der Waals surface area contributed by atoms with Crippen LogP contribution in [0.3, 0.4) is 0 Å². The first-order valence-corrected chi connectivity index (χ1v) is 7.33. The number of hydrogen-bond donors (Lipinski definition) is 2. The lowest BCUT2D eigenvalue weighted by molar-refractivity contribution is 1.32. The summed E-state index contributed by atoms with van der Waals surface area (Å²) in [5.74, 6) is 0.688. The number of thioether (sulfide) groups is 1. The molecule has 0 spiro atoms. The molecule has 0 radical (unpaired) electrons. The second-order valence-electron chi connectivity index (χ2n) is 3.91. The number of halogens is 2. The first-order chi connectivity index (χ1) is 9.09. The SMILES string of the molecule is N=C(N)c1c(Cl)cccc1SCc1ccccc1Cl. The summed E-state index contributed by atoms with van der Waals surface area (Å²) in [7, 11) is 0. The van der Waals surface area contributed by atoms with Gasteiger partial charge >= 0.3 is 0 Å². The van der Waals surface area contributed by atoms with E-state index in [2.05, 4.69) is 0 Å². The summed E-state index contributed by atoms with van der Waals surface area (Å²) in [6, 6.07) is 13.2. The molecule has 2 aromatic rings. The molecule has 0 saturated carbocycles. The standard InChI is InChI=1S/C14H12Cl2N2S/c15-10-5-2-1-4-9(10)8-19-12-7-3-6-11(16)13(12)14(17)18/h1-7H,8H2,(H3,17,18). The Balaban J connectivity index is 2.23. The van der Waals surface area contributed by atoms with Crippen LogP contribution in [0.1, 0.15) is 11.1 Å². The van der Waals surface area contributed by atoms with Crippen molar-refractivity contribution < 1.29 is 0 Å². The van der Waals surface area contributed by atoms with Gasteiger partial charge in [-0.15, -0.1) is 11.8 Å². The van der Waals surface area contributed by atoms with Crippen molar-refractivity contribution in [2.75, 3.05) is 0 Å². The predicted molar refractivity (Wildman–Crippen MR) is 83.5 cm³/mol. The summed E-state index contributed by atoms with van der Waals surface area (Å²) in [4.78, 5) is 0.889. The fraction of sp³-hybridized carbons (Fsp3) is 0.0714. The van der Waals surface area contributed by atoms with Crippen LogP contribution in [-0.4, -0.2) is 5.84 Å². The Hall–Kier alpha value is -1.16. The van der Waals surface area contributed by atoms with Crippen molar-refractivity contribution in [3.8, 4) is 0 Å². The zero-order valence-electron chi connectivity index (χ0n) is 9.99. The Kier molecular flexibility index (Phi) is 4.75. The topological polar surface area (TPSA) is 49.9 Å². The van der Waals surface area contributed by atoms with E-state index in [1.165, 1.54) is 0 Å². The smallest absolute Gasteiger partial charge is 0.125 e. The zero-order valence-corrected chi connectivity index (χ0v) is 12.3. The molecule has 0 fully saturated rings. The molecule has 5 heteroatoms. The summed E-state index contributed by atoms with van der Waals surface area (Å²) >= 11 is 13.8. The second kappa shape index (κ2) is 6.33. The Morgan fingerprint density at radius 3 is 2.42 bits per heavy atom. The highest BCUT2D eigenvalue weighted by atomic mass is 35.5. The van der Waals surface area contributed by atoms with Gasteiger partial charge in [-0.2, -0.15) is 0 Å². The van der Waals surface area contributed by atoms with Crippen molar-refractivity contribution in [3.63, 3.8) is 0 Å². The molecule has 2 nitrogen and oxygen atoms in total. The highest BCUT2D eigenvalue weighted by Gasteiger charge is 2.11. The van der Waals surface area contributed by atoms with Crippen molar-refractivity contribution in [1.82, 2.24) is 0 Å². The average Bonchev–Trinajstić information content (AvgIpc) is 2.37. The number of nitrogens with one attached hydrogen (secondary N) is 1. The predicted octanol–water partition coefficient (Wildman–Crippen LogP) is 4.57. The summed E-state index contributed by atoms with van der Waals surface area (Å²) in [6.45, 7) is 0. The van der Waals surface area contributed by atoms with E-state index in [9.17, 15) is 0 Å². The van der Waals surface area contributed by atoms with E-state index < -0.39 is 0 Å². The maximum absolute atomic E-state index is 7.60. The molecular weight excluding hydrogens is 299 g/mol. The Bertz CT molecular complexity index is 614. The van der Waals surface area contributed by atoms with Gasteiger partial charge in [0.2, 0.25) is 0 Å². The van der Waals surface area contributed by atoms with Gasteiger partial charge in [0.1, 0.15) is 5.84 Å². The number of rotatable bonds is 4. The van der Waals surface area contributed by atoms with Gasteiger partial charge in [-0.1, -0.05) is 47.5 Å². The van der Waals surface area contributed by atoms with Crippen LogP contribution in [0, 0.1) is 5.41 Å². The fourth-order valence-electron chi connectivity index (χ4n) is 1.66. The number of nitrogen functional groups attached to an aromatic ring is 1. The number of benzene rings is 2. The number of nitrogens with two attached hydrogens (primary N) is 1. The Labute approximate surface area is 126 Å². The molecule has 0 saturated heterocycles. The molecule has 0 aliphatic heterocycles. The van der Waals surface area contributed by atoms with E-state index in [-0.39, 0.29) is 5.84 Å². The van der Waals surface area contributed by atoms with Crippen LogP contribution in [0.15, 0.2) is 47.4 Å². The number of amidine groups is 1. The van der Waals surface area contributed by atoms with Crippen molar-refractivity contribution in [1.29, 1.82) is 5.41 Å². The second-order valence-corrected chi connectivity index (χ2v) is 5.74. The van der Waals surface area contributed by atoms with Crippen LogP contribution >= 0.6 is 35.0 Å². The third-order valence-electron chi connectivity index (χ3n) is 2.59. The minimum atomic E-state index is -0.0211. The lowest BCUT2D eigenvalue weighted by atomic mass is 10.2. The summed E-state index contributed by atoms with van der Waals surface area (Å²) in [5, 5.41) is 8.83. The lowest BCUT2D eigenvalue weighted by Crippen LogP contribution is -2.13. The molecular formula is C14H12Cl2N2S. The first-order valence-electron chi connectivity index (χ1n) is 5.58. The van der Waals surface area contributed by atoms with Gasteiger partial charge in [-0.25, -0.2) is 0 Å². The average molecular weight is 311 g/mol. The molecule has 0 aliphatic rings. The molecule has 3 N–H and O–H groups in total. The highest BCUT2D eigenvalue weighted by Crippen LogP contribution is 2.32. The highest BCUT2D eigenvalue weighted by molar-refractivity contribution is 7.98. The molecule has 0 aliphatic carbocycles. The zero-order chi connectivity index (χ0) is 13.8. The van der Waals surface area contributed by atoms with Crippen molar-refractivity contribution in [3.05, 3.63) is 63.6 Å². The van der Waals surface area contributed by atoms with E-state index in [1.54, 1.807) is 17.8 Å². The van der Waals surface area contributed by atoms with Crippen LogP contribution in [0.25, 0.3) is 0 Å². The number of hydrogen-bond acceptors (Lipinski definition) is 2. The summed E-state index contributed by atoms with van der Waals surface area (Å²) < 4.78 is 0. The fourth-order valence-corrected chi connectivity index (χ4v) is 3.37. The maximum Gasteiger partial charge on any atom is 0.125 e. The Morgan fingerprint density at radius 1 is 1.05 bits per heavy atom. The van der Waals surface area contributed by atoms with E-state index in [4.69, 9.17) is 34.3 Å². The van der Waals surface area contributed by atoms with Crippen molar-refractivity contribution in [2.24, 2.45) is 5.73 Å². The van der Waals surface area contributed by atoms with Crippen molar-refractivity contribution in [2.45, 2.75) is 10.6 Å². The molecule has 0 unspecified atom stereocenters. The van der Waals surface area contributed by atoms with Crippen LogP contribution in [-0.2, 0) is 5.75 Å². The van der Waals surface area contributed by atoms with Gasteiger partial charge in [0, 0.05) is 21.2 Å². The quantitative estimate of drug-likeness (QED) is 0.494. The molecule has 19 heavy (non-hydrogen) atoms. The van der Waals surface area contributed by atoms with E-state index in [0.717, 1.165) is 15.5 Å². The molecule has 0 heterocycles. The summed E-state index contributed by atoms with van der Waals surface area (Å²) in [5.41, 5.74) is 7.20. The minimum absolute atomic E-state index is 0.0211. The summed E-state index contributed by atoms with van der Waals surface area (Å²) in [6.07, 6.45) is 0. The minimum Gasteiger partial charge on any atom is -0.384 e. The normalized spacial score (nSPS) is 10.4. The van der Waals surface area contributed by atoms with Gasteiger partial charge in [-0.3, -0.25) is 5.41 Å². The van der Waals surface area contributed by atoms with Crippen LogP contribution in [0.5, 0.6) is 0 Å². The molecule has 0 aromatic heterocycles. The molecule has 0 bridgehead atoms. The van der Waals surface area contributed by atoms with E-state index >= 15 is 0 Å². The van der Waals surface area contributed by atoms with Crippen LogP contribution in [0.4, 0.5) is 0 Å². The Morgan fingerprint density at radius 2 is 1.74 bits per heavy atom. The largest absolute Gasteiger partial charge is 0.384 e. The van der Waals surface area contributed by atoms with Gasteiger partial charge in [0.05, 0.1) is 5.02 Å². The van der Waals surface area contributed by atoms with Gasteiger partial charge in [0.15, 0.2) is 0 Å².